The summed E-state index contributed by atoms with van der Waals surface area (Å²) in [5, 5.41) is 11.5. The van der Waals surface area contributed by atoms with Gasteiger partial charge in [0.1, 0.15) is 12.2 Å². The lowest BCUT2D eigenvalue weighted by molar-refractivity contribution is -0.121. The molecule has 1 aromatic heterocycles. The second-order valence-electron chi connectivity index (χ2n) is 7.83. The van der Waals surface area contributed by atoms with E-state index in [1.165, 1.54) is 11.8 Å². The molecular formula is C21H19ClFN5O2S. The molecule has 2 unspecified atom stereocenters. The fourth-order valence-electron chi connectivity index (χ4n) is 3.51. The van der Waals surface area contributed by atoms with E-state index < -0.39 is 10.9 Å². The number of thioether (sulfide) groups is 1. The zero-order valence-electron chi connectivity index (χ0n) is 16.3. The van der Waals surface area contributed by atoms with Crippen molar-refractivity contribution in [2.75, 3.05) is 0 Å². The first-order valence-corrected chi connectivity index (χ1v) is 11.1. The van der Waals surface area contributed by atoms with E-state index in [2.05, 4.69) is 20.5 Å². The number of aliphatic imine (C=N–C) groups is 1. The van der Waals surface area contributed by atoms with Crippen molar-refractivity contribution in [3.8, 4) is 0 Å². The van der Waals surface area contributed by atoms with Crippen molar-refractivity contribution < 1.29 is 13.6 Å². The standard InChI is InChI=1S/C21H19ClFN5O2S/c22-12-3-1-2-11(8-12)13-4-5-14-20(19(13)23)31-18(25-14)10-17-28-27-16(30-17)9-15(29)26-21(24)6-7-21/h1-5,8,14,20H,6-7,9-10,24H2,(H,26,29). The molecule has 2 aromatic rings. The molecule has 1 fully saturated rings. The molecule has 5 rings (SSSR count). The highest BCUT2D eigenvalue weighted by atomic mass is 35.5. The number of halogens is 2. The first kappa shape index (κ1) is 20.4. The number of carbonyl (C=O) groups is 1. The summed E-state index contributed by atoms with van der Waals surface area (Å²) in [5.41, 5.74) is 6.55. The van der Waals surface area contributed by atoms with Crippen LogP contribution in [0.3, 0.4) is 0 Å². The molecule has 1 amide bonds. The Labute approximate surface area is 187 Å². The Morgan fingerprint density at radius 1 is 1.35 bits per heavy atom. The van der Waals surface area contributed by atoms with Gasteiger partial charge in [-0.05, 0) is 30.5 Å². The summed E-state index contributed by atoms with van der Waals surface area (Å²) in [6, 6.07) is 6.85. The van der Waals surface area contributed by atoms with E-state index in [0.717, 1.165) is 18.4 Å². The third-order valence-electron chi connectivity index (χ3n) is 5.27. The fourth-order valence-corrected chi connectivity index (χ4v) is 4.91. The summed E-state index contributed by atoms with van der Waals surface area (Å²) in [6.45, 7) is 0. The summed E-state index contributed by atoms with van der Waals surface area (Å²) in [4.78, 5) is 16.6. The second kappa shape index (κ2) is 7.89. The Bertz CT molecular complexity index is 1140. The van der Waals surface area contributed by atoms with Gasteiger partial charge in [-0.2, -0.15) is 0 Å². The van der Waals surface area contributed by atoms with Crippen LogP contribution in [0, 0.1) is 0 Å². The number of aromatic nitrogens is 2. The fraction of sp³-hybridized carbons (Fsp3) is 0.333. The number of nitrogens with zero attached hydrogens (tertiary/aromatic N) is 3. The van der Waals surface area contributed by atoms with Crippen LogP contribution in [0.1, 0.15) is 30.2 Å². The summed E-state index contributed by atoms with van der Waals surface area (Å²) in [6.07, 6.45) is 5.45. The molecule has 1 aromatic carbocycles. The molecule has 10 heteroatoms. The van der Waals surface area contributed by atoms with Gasteiger partial charge >= 0.3 is 0 Å². The zero-order chi connectivity index (χ0) is 21.6. The molecular weight excluding hydrogens is 441 g/mol. The monoisotopic (exact) mass is 459 g/mol. The minimum absolute atomic E-state index is 0.0279. The lowest BCUT2D eigenvalue weighted by atomic mass is 9.96. The third-order valence-corrected chi connectivity index (χ3v) is 6.77. The number of amides is 1. The largest absolute Gasteiger partial charge is 0.424 e. The van der Waals surface area contributed by atoms with Gasteiger partial charge in [0.25, 0.3) is 0 Å². The van der Waals surface area contributed by atoms with Crippen LogP contribution in [0.2, 0.25) is 5.02 Å². The first-order valence-electron chi connectivity index (χ1n) is 9.87. The molecule has 0 spiro atoms. The SMILES string of the molecule is NC1(NC(=O)Cc2nnc(CC3=NC4C=CC(c5cccc(Cl)c5)=C(F)C4S3)o2)CC1. The van der Waals surface area contributed by atoms with Crippen molar-refractivity contribution in [1.82, 2.24) is 15.5 Å². The van der Waals surface area contributed by atoms with E-state index in [9.17, 15) is 4.79 Å². The molecule has 0 bridgehead atoms. The molecule has 2 atom stereocenters. The van der Waals surface area contributed by atoms with Gasteiger partial charge < -0.3 is 15.5 Å². The van der Waals surface area contributed by atoms with Crippen molar-refractivity contribution in [2.24, 2.45) is 10.7 Å². The number of carbonyl (C=O) groups excluding carboxylic acids is 1. The van der Waals surface area contributed by atoms with Crippen molar-refractivity contribution in [3.63, 3.8) is 0 Å². The summed E-state index contributed by atoms with van der Waals surface area (Å²) < 4.78 is 20.8. The van der Waals surface area contributed by atoms with Gasteiger partial charge in [0, 0.05) is 10.6 Å². The van der Waals surface area contributed by atoms with Gasteiger partial charge in [-0.25, -0.2) is 4.39 Å². The summed E-state index contributed by atoms with van der Waals surface area (Å²) in [7, 11) is 0. The highest BCUT2D eigenvalue weighted by Crippen LogP contribution is 2.41. The average molecular weight is 460 g/mol. The predicted octanol–water partition coefficient (Wildman–Crippen LogP) is 3.21. The topological polar surface area (TPSA) is 106 Å². The van der Waals surface area contributed by atoms with Gasteiger partial charge in [0.2, 0.25) is 17.7 Å². The molecule has 2 aliphatic carbocycles. The maximum absolute atomic E-state index is 15.2. The number of benzene rings is 1. The molecule has 160 valence electrons. The third kappa shape index (κ3) is 4.44. The Morgan fingerprint density at radius 2 is 2.16 bits per heavy atom. The van der Waals surface area contributed by atoms with Crippen LogP contribution in [-0.2, 0) is 17.6 Å². The Morgan fingerprint density at radius 3 is 2.94 bits per heavy atom. The van der Waals surface area contributed by atoms with E-state index in [-0.39, 0.29) is 30.1 Å². The minimum Gasteiger partial charge on any atom is -0.424 e. The molecule has 7 nitrogen and oxygen atoms in total. The van der Waals surface area contributed by atoms with Crippen LogP contribution in [0.4, 0.5) is 4.39 Å². The van der Waals surface area contributed by atoms with Crippen LogP contribution in [-0.4, -0.2) is 38.1 Å². The predicted molar refractivity (Wildman–Crippen MR) is 117 cm³/mol. The van der Waals surface area contributed by atoms with Gasteiger partial charge in [0.05, 0.1) is 28.4 Å². The quantitative estimate of drug-likeness (QED) is 0.642. The first-order chi connectivity index (χ1) is 14.9. The van der Waals surface area contributed by atoms with Crippen molar-refractivity contribution in [2.45, 2.75) is 42.6 Å². The Hall–Kier alpha value is -2.49. The van der Waals surface area contributed by atoms with Gasteiger partial charge in [-0.3, -0.25) is 9.79 Å². The number of rotatable bonds is 6. The number of nitrogens with two attached hydrogens (primary N) is 1. The molecule has 3 N–H and O–H groups in total. The second-order valence-corrected chi connectivity index (χ2v) is 9.48. The molecule has 2 heterocycles. The Kier molecular flexibility index (Phi) is 5.19. The Balaban J connectivity index is 1.24. The average Bonchev–Trinajstić information content (AvgIpc) is 3.11. The molecule has 3 aliphatic rings. The van der Waals surface area contributed by atoms with Gasteiger partial charge in [0.15, 0.2) is 0 Å². The van der Waals surface area contributed by atoms with E-state index in [1.54, 1.807) is 24.3 Å². The van der Waals surface area contributed by atoms with Crippen LogP contribution >= 0.6 is 23.4 Å². The zero-order valence-corrected chi connectivity index (χ0v) is 17.9. The molecule has 0 radical (unpaired) electrons. The number of hydrogen-bond donors (Lipinski definition) is 2. The molecule has 31 heavy (non-hydrogen) atoms. The van der Waals surface area contributed by atoms with Crippen LogP contribution in [0.25, 0.3) is 5.57 Å². The number of hydrogen-bond acceptors (Lipinski definition) is 7. The van der Waals surface area contributed by atoms with E-state index in [1.807, 2.05) is 12.1 Å². The van der Waals surface area contributed by atoms with E-state index >= 15 is 4.39 Å². The number of allylic oxidation sites excluding steroid dienone is 2. The molecule has 0 saturated heterocycles. The maximum atomic E-state index is 15.2. The normalized spacial score (nSPS) is 23.5. The van der Waals surface area contributed by atoms with E-state index in [4.69, 9.17) is 21.8 Å². The maximum Gasteiger partial charge on any atom is 0.230 e. The lowest BCUT2D eigenvalue weighted by Crippen LogP contribution is -2.44. The number of nitrogens with one attached hydrogen (secondary N) is 1. The highest BCUT2D eigenvalue weighted by molar-refractivity contribution is 8.15. The van der Waals surface area contributed by atoms with Crippen molar-refractivity contribution in [3.05, 3.63) is 64.6 Å². The number of fused-ring (bicyclic) bond motifs is 1. The van der Waals surface area contributed by atoms with Gasteiger partial charge in [-0.15, -0.1) is 10.2 Å². The lowest BCUT2D eigenvalue weighted by Gasteiger charge is -2.19. The molecule has 1 saturated carbocycles. The van der Waals surface area contributed by atoms with Crippen LogP contribution < -0.4 is 11.1 Å². The molecule has 1 aliphatic heterocycles. The van der Waals surface area contributed by atoms with Crippen LogP contribution in [0.15, 0.2) is 51.7 Å². The van der Waals surface area contributed by atoms with E-state index in [0.29, 0.717) is 28.0 Å². The summed E-state index contributed by atoms with van der Waals surface area (Å²) >= 11 is 7.40. The van der Waals surface area contributed by atoms with Crippen molar-refractivity contribution in [1.29, 1.82) is 0 Å². The highest BCUT2D eigenvalue weighted by Gasteiger charge is 2.40. The summed E-state index contributed by atoms with van der Waals surface area (Å²) in [5.74, 6) is 0.0777. The minimum atomic E-state index is -0.583. The van der Waals surface area contributed by atoms with Crippen LogP contribution in [0.5, 0.6) is 0 Å². The van der Waals surface area contributed by atoms with Gasteiger partial charge in [-0.1, -0.05) is 47.6 Å². The van der Waals surface area contributed by atoms with Crippen molar-refractivity contribution >= 4 is 39.9 Å². The smallest absolute Gasteiger partial charge is 0.230 e.